The van der Waals surface area contributed by atoms with Gasteiger partial charge < -0.3 is 23.8 Å². The van der Waals surface area contributed by atoms with E-state index in [9.17, 15) is 4.79 Å². The number of methoxy groups -OCH3 is 1. The smallest absolute Gasteiger partial charge is 0.285 e. The molecule has 0 aliphatic heterocycles. The molecule has 42 heavy (non-hydrogen) atoms. The van der Waals surface area contributed by atoms with Crippen molar-refractivity contribution in [1.29, 1.82) is 0 Å². The fourth-order valence-electron chi connectivity index (χ4n) is 4.11. The summed E-state index contributed by atoms with van der Waals surface area (Å²) in [5.41, 5.74) is 4.50. The van der Waals surface area contributed by atoms with Crippen molar-refractivity contribution in [3.63, 3.8) is 0 Å². The Bertz CT molecular complexity index is 1670. The zero-order chi connectivity index (χ0) is 29.1. The predicted octanol–water partition coefficient (Wildman–Crippen LogP) is 5.65. The van der Waals surface area contributed by atoms with Crippen LogP contribution in [-0.4, -0.2) is 39.7 Å². The van der Waals surface area contributed by atoms with Gasteiger partial charge >= 0.3 is 0 Å². The molecule has 0 spiro atoms. The minimum absolute atomic E-state index is 0.109. The number of allylic oxidation sites excluding steroid dienone is 1. The molecule has 1 amide bonds. The lowest BCUT2D eigenvalue weighted by Crippen LogP contribution is -2.20. The standard InChI is InChI=1S/C31H30N6O4S/c1-3-17-37-28(19-32-27-10-6-8-23-7-4-5-9-26(23)27)34-36-31(37)42-21-29(38)35-33-18-25-15-16-30(41-25)40-20-22-11-13-24(39-2)14-12-22/h3-16,18,32H,1,17,19-21H2,2H3,(H,35,38)/b33-18+. The van der Waals surface area contributed by atoms with E-state index in [0.29, 0.717) is 36.6 Å². The van der Waals surface area contributed by atoms with Crippen LogP contribution in [0.2, 0.25) is 0 Å². The van der Waals surface area contributed by atoms with Crippen molar-refractivity contribution >= 4 is 40.3 Å². The van der Waals surface area contributed by atoms with Crippen molar-refractivity contribution in [2.75, 3.05) is 18.2 Å². The van der Waals surface area contributed by atoms with E-state index in [1.807, 2.05) is 53.1 Å². The molecule has 0 saturated carbocycles. The first kappa shape index (κ1) is 28.5. The number of anilines is 1. The number of hydrogen-bond donors (Lipinski definition) is 2. The third-order valence-electron chi connectivity index (χ3n) is 6.19. The van der Waals surface area contributed by atoms with Crippen LogP contribution in [-0.2, 0) is 24.5 Å². The molecule has 2 heterocycles. The number of carbonyl (C=O) groups excluding carboxylic acids is 1. The van der Waals surface area contributed by atoms with Crippen LogP contribution in [0.4, 0.5) is 5.69 Å². The minimum atomic E-state index is -0.289. The van der Waals surface area contributed by atoms with Gasteiger partial charge in [0.1, 0.15) is 12.4 Å². The maximum Gasteiger partial charge on any atom is 0.285 e. The van der Waals surface area contributed by atoms with Crippen LogP contribution in [0.1, 0.15) is 17.1 Å². The van der Waals surface area contributed by atoms with E-state index in [-0.39, 0.29) is 11.7 Å². The Kier molecular flexibility index (Phi) is 9.53. The lowest BCUT2D eigenvalue weighted by molar-refractivity contribution is -0.118. The van der Waals surface area contributed by atoms with Gasteiger partial charge in [-0.3, -0.25) is 4.79 Å². The monoisotopic (exact) mass is 582 g/mol. The summed E-state index contributed by atoms with van der Waals surface area (Å²) in [6.45, 7) is 5.19. The Balaban J connectivity index is 1.10. The Labute approximate surface area is 247 Å². The average Bonchev–Trinajstić information content (AvgIpc) is 3.64. The molecule has 0 radical (unpaired) electrons. The number of benzene rings is 3. The van der Waals surface area contributed by atoms with Crippen LogP contribution in [0.25, 0.3) is 10.8 Å². The molecule has 0 fully saturated rings. The molecule has 2 N–H and O–H groups in total. The van der Waals surface area contributed by atoms with Gasteiger partial charge in [-0.05, 0) is 35.2 Å². The summed E-state index contributed by atoms with van der Waals surface area (Å²) in [4.78, 5) is 12.4. The summed E-state index contributed by atoms with van der Waals surface area (Å²) >= 11 is 1.27. The number of furan rings is 1. The quantitative estimate of drug-likeness (QED) is 0.0747. The topological polar surface area (TPSA) is 116 Å². The lowest BCUT2D eigenvalue weighted by Gasteiger charge is -2.11. The highest BCUT2D eigenvalue weighted by molar-refractivity contribution is 7.99. The maximum absolute atomic E-state index is 12.4. The largest absolute Gasteiger partial charge is 0.497 e. The van der Waals surface area contributed by atoms with E-state index in [4.69, 9.17) is 13.9 Å². The van der Waals surface area contributed by atoms with E-state index in [0.717, 1.165) is 33.6 Å². The number of hydrazone groups is 1. The first-order valence-electron chi connectivity index (χ1n) is 13.2. The van der Waals surface area contributed by atoms with Crippen LogP contribution in [0.15, 0.2) is 106 Å². The van der Waals surface area contributed by atoms with Gasteiger partial charge in [-0.1, -0.05) is 66.4 Å². The fraction of sp³-hybridized carbons (Fsp3) is 0.161. The SMILES string of the molecule is C=CCn1c(CNc2cccc3ccccc23)nnc1SCC(=O)N/N=C/c1ccc(OCc2ccc(OC)cc2)o1. The van der Waals surface area contributed by atoms with Crippen LogP contribution in [0.5, 0.6) is 11.7 Å². The highest BCUT2D eigenvalue weighted by Crippen LogP contribution is 2.24. The predicted molar refractivity (Wildman–Crippen MR) is 164 cm³/mol. The van der Waals surface area contributed by atoms with Gasteiger partial charge in [-0.15, -0.1) is 16.8 Å². The summed E-state index contributed by atoms with van der Waals surface area (Å²) in [6.07, 6.45) is 3.19. The second-order valence-corrected chi connectivity index (χ2v) is 10.00. The van der Waals surface area contributed by atoms with E-state index in [2.05, 4.69) is 50.8 Å². The number of carbonyl (C=O) groups is 1. The van der Waals surface area contributed by atoms with Gasteiger partial charge in [0, 0.05) is 23.7 Å². The number of ether oxygens (including phenoxy) is 2. The molecule has 0 aliphatic rings. The molecule has 10 nitrogen and oxygen atoms in total. The Morgan fingerprint density at radius 1 is 1.07 bits per heavy atom. The van der Waals surface area contributed by atoms with E-state index >= 15 is 0 Å². The zero-order valence-corrected chi connectivity index (χ0v) is 23.8. The lowest BCUT2D eigenvalue weighted by atomic mass is 10.1. The Hall–Kier alpha value is -5.03. The van der Waals surface area contributed by atoms with Gasteiger partial charge in [0.25, 0.3) is 11.9 Å². The van der Waals surface area contributed by atoms with Crippen molar-refractivity contribution < 1.29 is 18.7 Å². The van der Waals surface area contributed by atoms with Gasteiger partial charge in [0.2, 0.25) is 0 Å². The number of fused-ring (bicyclic) bond motifs is 1. The molecular weight excluding hydrogens is 552 g/mol. The summed E-state index contributed by atoms with van der Waals surface area (Å²) in [5.74, 6) is 2.14. The second-order valence-electron chi connectivity index (χ2n) is 9.05. The van der Waals surface area contributed by atoms with Crippen LogP contribution in [0, 0.1) is 0 Å². The van der Waals surface area contributed by atoms with Crippen molar-refractivity contribution in [3.05, 3.63) is 109 Å². The van der Waals surface area contributed by atoms with Crippen LogP contribution < -0.4 is 20.2 Å². The van der Waals surface area contributed by atoms with Crippen molar-refractivity contribution in [2.24, 2.45) is 5.10 Å². The third kappa shape index (κ3) is 7.38. The van der Waals surface area contributed by atoms with Crippen LogP contribution >= 0.6 is 11.8 Å². The summed E-state index contributed by atoms with van der Waals surface area (Å²) in [7, 11) is 1.62. The number of nitrogens with one attached hydrogen (secondary N) is 2. The molecule has 5 rings (SSSR count). The highest BCUT2D eigenvalue weighted by Gasteiger charge is 2.14. The maximum atomic E-state index is 12.4. The molecule has 0 atom stereocenters. The molecule has 3 aromatic carbocycles. The first-order valence-corrected chi connectivity index (χ1v) is 14.2. The van der Waals surface area contributed by atoms with Gasteiger partial charge in [0.05, 0.1) is 25.6 Å². The van der Waals surface area contributed by atoms with Crippen molar-refractivity contribution in [1.82, 2.24) is 20.2 Å². The fourth-order valence-corrected chi connectivity index (χ4v) is 4.87. The molecule has 214 valence electrons. The normalized spacial score (nSPS) is 11.1. The summed E-state index contributed by atoms with van der Waals surface area (Å²) in [5, 5.41) is 19.0. The number of thioether (sulfide) groups is 1. The minimum Gasteiger partial charge on any atom is -0.497 e. The number of nitrogens with zero attached hydrogens (tertiary/aromatic N) is 4. The molecular formula is C31H30N6O4S. The second kappa shape index (κ2) is 14.0. The summed E-state index contributed by atoms with van der Waals surface area (Å²) < 4.78 is 18.4. The van der Waals surface area contributed by atoms with Crippen molar-refractivity contribution in [3.8, 4) is 11.7 Å². The van der Waals surface area contributed by atoms with Gasteiger partial charge in [-0.2, -0.15) is 5.10 Å². The third-order valence-corrected chi connectivity index (χ3v) is 7.15. The Morgan fingerprint density at radius 3 is 2.74 bits per heavy atom. The first-order chi connectivity index (χ1) is 20.6. The molecule has 0 bridgehead atoms. The van der Waals surface area contributed by atoms with Gasteiger partial charge in [-0.25, -0.2) is 5.43 Å². The number of amides is 1. The van der Waals surface area contributed by atoms with Gasteiger partial charge in [0.15, 0.2) is 16.7 Å². The Morgan fingerprint density at radius 2 is 1.90 bits per heavy atom. The van der Waals surface area contributed by atoms with E-state index < -0.39 is 0 Å². The van der Waals surface area contributed by atoms with Crippen LogP contribution in [0.3, 0.4) is 0 Å². The number of hydrogen-bond acceptors (Lipinski definition) is 9. The molecule has 0 unspecified atom stereocenters. The molecule has 0 aliphatic carbocycles. The molecule has 5 aromatic rings. The average molecular weight is 583 g/mol. The molecule has 0 saturated heterocycles. The van der Waals surface area contributed by atoms with E-state index in [1.54, 1.807) is 25.3 Å². The number of rotatable bonds is 14. The zero-order valence-electron chi connectivity index (χ0n) is 23.0. The molecule has 11 heteroatoms. The molecule has 2 aromatic heterocycles. The number of aromatic nitrogens is 3. The van der Waals surface area contributed by atoms with E-state index in [1.165, 1.54) is 18.0 Å². The highest BCUT2D eigenvalue weighted by atomic mass is 32.2. The van der Waals surface area contributed by atoms with Crippen molar-refractivity contribution in [2.45, 2.75) is 24.9 Å². The summed E-state index contributed by atoms with van der Waals surface area (Å²) in [6, 6.07) is 25.3.